The Hall–Kier alpha value is -1.29. The van der Waals surface area contributed by atoms with Crippen LogP contribution >= 0.6 is 34.8 Å². The maximum Gasteiger partial charge on any atom is 0.271 e. The summed E-state index contributed by atoms with van der Waals surface area (Å²) in [4.78, 5) is 16.3. The molecule has 114 valence electrons. The molecular weight excluding hydrogens is 343 g/mol. The molecule has 0 spiro atoms. The molecule has 1 aromatic heterocycles. The molecule has 2 atom stereocenters. The Morgan fingerprint density at radius 3 is 2.59 bits per heavy atom. The zero-order chi connectivity index (χ0) is 15.7. The first-order chi connectivity index (χ1) is 10.6. The van der Waals surface area contributed by atoms with Gasteiger partial charge < -0.3 is 5.32 Å². The predicted octanol–water partition coefficient (Wildman–Crippen LogP) is 4.72. The molecule has 0 saturated heterocycles. The molecule has 1 amide bonds. The summed E-state index contributed by atoms with van der Waals surface area (Å²) < 4.78 is 0. The van der Waals surface area contributed by atoms with E-state index in [1.807, 2.05) is 12.1 Å². The highest BCUT2D eigenvalue weighted by molar-refractivity contribution is 6.35. The number of pyridine rings is 1. The zero-order valence-electron chi connectivity index (χ0n) is 11.5. The van der Waals surface area contributed by atoms with Crippen LogP contribution in [-0.4, -0.2) is 16.9 Å². The van der Waals surface area contributed by atoms with E-state index < -0.39 is 0 Å². The summed E-state index contributed by atoms with van der Waals surface area (Å²) in [5.41, 5.74) is 1.26. The highest BCUT2D eigenvalue weighted by Crippen LogP contribution is 2.41. The number of halogens is 3. The Morgan fingerprint density at radius 1 is 1.14 bits per heavy atom. The molecule has 3 rings (SSSR count). The van der Waals surface area contributed by atoms with Crippen molar-refractivity contribution in [2.24, 2.45) is 0 Å². The maximum absolute atomic E-state index is 12.3. The van der Waals surface area contributed by atoms with Crippen LogP contribution in [0.4, 0.5) is 0 Å². The fourth-order valence-corrected chi connectivity index (χ4v) is 3.39. The lowest BCUT2D eigenvalue weighted by Gasteiger charge is -2.38. The van der Waals surface area contributed by atoms with Gasteiger partial charge >= 0.3 is 0 Å². The molecule has 2 unspecified atom stereocenters. The molecule has 1 saturated carbocycles. The van der Waals surface area contributed by atoms with Crippen LogP contribution in [0.1, 0.15) is 34.8 Å². The first-order valence-electron chi connectivity index (χ1n) is 6.92. The average molecular weight is 356 g/mol. The van der Waals surface area contributed by atoms with E-state index in [1.54, 1.807) is 24.4 Å². The third-order valence-electron chi connectivity index (χ3n) is 3.93. The van der Waals surface area contributed by atoms with Crippen molar-refractivity contribution >= 4 is 40.7 Å². The number of hydrogen-bond acceptors (Lipinski definition) is 2. The number of rotatable bonds is 3. The lowest BCUT2D eigenvalue weighted by molar-refractivity contribution is 0.0900. The van der Waals surface area contributed by atoms with Crippen LogP contribution in [0.15, 0.2) is 36.5 Å². The maximum atomic E-state index is 12.3. The van der Waals surface area contributed by atoms with Gasteiger partial charge in [0.25, 0.3) is 5.91 Å². The second kappa shape index (κ2) is 6.45. The molecule has 1 N–H and O–H groups in total. The highest BCUT2D eigenvalue weighted by Gasteiger charge is 2.35. The molecule has 2 aromatic rings. The van der Waals surface area contributed by atoms with E-state index in [-0.39, 0.29) is 23.6 Å². The summed E-state index contributed by atoms with van der Waals surface area (Å²) >= 11 is 18.2. The monoisotopic (exact) mass is 354 g/mol. The molecule has 0 aliphatic heterocycles. The second-order valence-corrected chi connectivity index (χ2v) is 6.51. The third-order valence-corrected chi connectivity index (χ3v) is 4.79. The number of carbonyl (C=O) groups excluding carboxylic acids is 1. The summed E-state index contributed by atoms with van der Waals surface area (Å²) in [6.45, 7) is 0. The lowest BCUT2D eigenvalue weighted by Crippen LogP contribution is -2.45. The van der Waals surface area contributed by atoms with Gasteiger partial charge in [-0.3, -0.25) is 4.79 Å². The number of nitrogens with zero attached hydrogens (tertiary/aromatic N) is 1. The van der Waals surface area contributed by atoms with E-state index in [9.17, 15) is 4.79 Å². The van der Waals surface area contributed by atoms with Crippen LogP contribution in [0.5, 0.6) is 0 Å². The van der Waals surface area contributed by atoms with Crippen molar-refractivity contribution in [2.75, 3.05) is 0 Å². The summed E-state index contributed by atoms with van der Waals surface area (Å²) in [7, 11) is 0. The Bertz CT molecular complexity index is 720. The molecule has 3 nitrogen and oxygen atoms in total. The smallest absolute Gasteiger partial charge is 0.271 e. The first-order valence-corrected chi connectivity index (χ1v) is 8.06. The fourth-order valence-electron chi connectivity index (χ4n) is 2.64. The van der Waals surface area contributed by atoms with Crippen molar-refractivity contribution in [1.82, 2.24) is 10.3 Å². The molecule has 6 heteroatoms. The number of amides is 1. The molecule has 1 fully saturated rings. The molecule has 0 bridgehead atoms. The van der Waals surface area contributed by atoms with Crippen molar-refractivity contribution < 1.29 is 4.79 Å². The molecule has 1 aliphatic rings. The summed E-state index contributed by atoms with van der Waals surface area (Å²) in [5, 5.41) is 4.57. The van der Waals surface area contributed by atoms with E-state index >= 15 is 0 Å². The third kappa shape index (κ3) is 3.07. The number of benzene rings is 1. The lowest BCUT2D eigenvalue weighted by atomic mass is 9.75. The van der Waals surface area contributed by atoms with E-state index in [4.69, 9.17) is 34.8 Å². The second-order valence-electron chi connectivity index (χ2n) is 5.26. The molecular formula is C16H13Cl3N2O. The van der Waals surface area contributed by atoms with Gasteiger partial charge in [0.05, 0.1) is 5.02 Å². The van der Waals surface area contributed by atoms with E-state index in [0.717, 1.165) is 18.4 Å². The molecule has 1 aromatic carbocycles. The van der Waals surface area contributed by atoms with Crippen LogP contribution in [0.2, 0.25) is 15.1 Å². The Balaban J connectivity index is 1.74. The van der Waals surface area contributed by atoms with Crippen molar-refractivity contribution in [2.45, 2.75) is 24.8 Å². The van der Waals surface area contributed by atoms with Crippen molar-refractivity contribution in [3.8, 4) is 0 Å². The number of hydrogen-bond donors (Lipinski definition) is 1. The van der Waals surface area contributed by atoms with Gasteiger partial charge in [-0.2, -0.15) is 0 Å². The number of nitrogens with one attached hydrogen (secondary N) is 1. The SMILES string of the molecule is O=C(NC1CCC1c1ccc(Cl)cc1Cl)c1ncccc1Cl. The fraction of sp³-hybridized carbons (Fsp3) is 0.250. The molecule has 1 aliphatic carbocycles. The van der Waals surface area contributed by atoms with Crippen LogP contribution in [0.25, 0.3) is 0 Å². The Kier molecular flexibility index (Phi) is 4.57. The van der Waals surface area contributed by atoms with Crippen LogP contribution in [0, 0.1) is 0 Å². The summed E-state index contributed by atoms with van der Waals surface area (Å²) in [5.74, 6) is -0.0680. The quantitative estimate of drug-likeness (QED) is 0.865. The van der Waals surface area contributed by atoms with E-state index in [1.165, 1.54) is 0 Å². The van der Waals surface area contributed by atoms with Gasteiger partial charge in [-0.05, 0) is 42.7 Å². The van der Waals surface area contributed by atoms with E-state index in [0.29, 0.717) is 15.1 Å². The van der Waals surface area contributed by atoms with Crippen LogP contribution in [-0.2, 0) is 0 Å². The van der Waals surface area contributed by atoms with Gasteiger partial charge in [-0.1, -0.05) is 40.9 Å². The largest absolute Gasteiger partial charge is 0.347 e. The van der Waals surface area contributed by atoms with Gasteiger partial charge in [0.15, 0.2) is 0 Å². The van der Waals surface area contributed by atoms with Gasteiger partial charge in [0, 0.05) is 28.2 Å². The minimum absolute atomic E-state index is 0.0317. The molecule has 22 heavy (non-hydrogen) atoms. The molecule has 0 radical (unpaired) electrons. The highest BCUT2D eigenvalue weighted by atomic mass is 35.5. The number of aromatic nitrogens is 1. The van der Waals surface area contributed by atoms with Gasteiger partial charge in [-0.25, -0.2) is 4.98 Å². The normalized spacial score (nSPS) is 20.3. The average Bonchev–Trinajstić information content (AvgIpc) is 2.46. The Morgan fingerprint density at radius 2 is 1.95 bits per heavy atom. The summed E-state index contributed by atoms with van der Waals surface area (Å²) in [6, 6.07) is 8.84. The molecule has 1 heterocycles. The predicted molar refractivity (Wildman–Crippen MR) is 88.9 cm³/mol. The van der Waals surface area contributed by atoms with Crippen LogP contribution < -0.4 is 5.32 Å². The van der Waals surface area contributed by atoms with E-state index in [2.05, 4.69) is 10.3 Å². The minimum Gasteiger partial charge on any atom is -0.347 e. The van der Waals surface area contributed by atoms with Crippen molar-refractivity contribution in [3.63, 3.8) is 0 Å². The topological polar surface area (TPSA) is 42.0 Å². The first kappa shape index (κ1) is 15.6. The van der Waals surface area contributed by atoms with Gasteiger partial charge in [0.2, 0.25) is 0 Å². The number of carbonyl (C=O) groups is 1. The van der Waals surface area contributed by atoms with Crippen molar-refractivity contribution in [3.05, 3.63) is 62.9 Å². The Labute approximate surface area is 143 Å². The summed E-state index contributed by atoms with van der Waals surface area (Å²) in [6.07, 6.45) is 3.43. The van der Waals surface area contributed by atoms with Gasteiger partial charge in [-0.15, -0.1) is 0 Å². The van der Waals surface area contributed by atoms with Crippen molar-refractivity contribution in [1.29, 1.82) is 0 Å². The standard InChI is InChI=1S/C16H13Cl3N2O/c17-9-3-4-10(13(19)8-9)11-5-6-14(11)21-16(22)15-12(18)2-1-7-20-15/h1-4,7-8,11,14H,5-6H2,(H,21,22). The zero-order valence-corrected chi connectivity index (χ0v) is 13.8. The van der Waals surface area contributed by atoms with Gasteiger partial charge in [0.1, 0.15) is 5.69 Å². The van der Waals surface area contributed by atoms with Crippen LogP contribution in [0.3, 0.4) is 0 Å². The minimum atomic E-state index is -0.259.